The average Bonchev–Trinajstić information content (AvgIpc) is 2.39. The number of nitrogens with zero attached hydrogens (tertiary/aromatic N) is 2. The van der Waals surface area contributed by atoms with Crippen LogP contribution in [0.1, 0.15) is 24.0 Å². The fourth-order valence-electron chi connectivity index (χ4n) is 1.63. The van der Waals surface area contributed by atoms with Crippen LogP contribution in [0.4, 0.5) is 4.39 Å². The van der Waals surface area contributed by atoms with Crippen molar-refractivity contribution < 1.29 is 9.50 Å². The Hall–Kier alpha value is -1.88. The van der Waals surface area contributed by atoms with E-state index in [2.05, 4.69) is 17.9 Å². The average molecular weight is 260 g/mol. The number of hydrogen-bond donors (Lipinski definition) is 1. The Labute approximate surface area is 113 Å². The third-order valence-electron chi connectivity index (χ3n) is 2.58. The van der Waals surface area contributed by atoms with Crippen molar-refractivity contribution in [3.8, 4) is 17.9 Å². The van der Waals surface area contributed by atoms with Gasteiger partial charge in [-0.25, -0.2) is 4.39 Å². The summed E-state index contributed by atoms with van der Waals surface area (Å²) in [5.41, 5.74) is 1.56. The van der Waals surface area contributed by atoms with Crippen molar-refractivity contribution in [3.05, 3.63) is 35.1 Å². The standard InChI is InChI=1S/C15H17FN2O/c1-18(9-4-8-17)12-14-6-7-15(16)11-13(14)5-2-3-10-19/h6-7,11,19H,3-4,9-10,12H2,1H3. The first-order valence-electron chi connectivity index (χ1n) is 6.11. The number of nitriles is 1. The van der Waals surface area contributed by atoms with Crippen LogP contribution in [-0.4, -0.2) is 30.2 Å². The Morgan fingerprint density at radius 2 is 2.16 bits per heavy atom. The predicted molar refractivity (Wildman–Crippen MR) is 71.5 cm³/mol. The number of aliphatic hydroxyl groups is 1. The Morgan fingerprint density at radius 1 is 1.37 bits per heavy atom. The number of halogens is 1. The van der Waals surface area contributed by atoms with E-state index in [1.807, 2.05) is 11.9 Å². The van der Waals surface area contributed by atoms with Gasteiger partial charge in [-0.15, -0.1) is 0 Å². The van der Waals surface area contributed by atoms with Crippen LogP contribution >= 0.6 is 0 Å². The number of benzene rings is 1. The highest BCUT2D eigenvalue weighted by Crippen LogP contribution is 2.12. The lowest BCUT2D eigenvalue weighted by Crippen LogP contribution is -2.19. The summed E-state index contributed by atoms with van der Waals surface area (Å²) in [5, 5.41) is 17.2. The van der Waals surface area contributed by atoms with E-state index in [0.29, 0.717) is 31.5 Å². The molecule has 0 atom stereocenters. The molecule has 0 bridgehead atoms. The van der Waals surface area contributed by atoms with Crippen molar-refractivity contribution in [2.45, 2.75) is 19.4 Å². The van der Waals surface area contributed by atoms with Crippen LogP contribution in [0, 0.1) is 29.0 Å². The topological polar surface area (TPSA) is 47.3 Å². The number of hydrogen-bond acceptors (Lipinski definition) is 3. The summed E-state index contributed by atoms with van der Waals surface area (Å²) in [6, 6.07) is 6.61. The van der Waals surface area contributed by atoms with E-state index in [0.717, 1.165) is 5.56 Å². The second-order valence-corrected chi connectivity index (χ2v) is 4.22. The lowest BCUT2D eigenvalue weighted by Gasteiger charge is -2.16. The molecular formula is C15H17FN2O. The largest absolute Gasteiger partial charge is 0.395 e. The molecule has 0 unspecified atom stereocenters. The summed E-state index contributed by atoms with van der Waals surface area (Å²) in [6.07, 6.45) is 0.837. The van der Waals surface area contributed by atoms with Gasteiger partial charge in [0.25, 0.3) is 0 Å². The molecule has 0 aliphatic rings. The highest BCUT2D eigenvalue weighted by molar-refractivity contribution is 5.41. The van der Waals surface area contributed by atoms with Crippen LogP contribution in [0.2, 0.25) is 0 Å². The first-order chi connectivity index (χ1) is 9.17. The van der Waals surface area contributed by atoms with Gasteiger partial charge in [0.05, 0.1) is 12.7 Å². The highest BCUT2D eigenvalue weighted by atomic mass is 19.1. The van der Waals surface area contributed by atoms with Crippen molar-refractivity contribution >= 4 is 0 Å². The van der Waals surface area contributed by atoms with Gasteiger partial charge in [-0.2, -0.15) is 5.26 Å². The van der Waals surface area contributed by atoms with E-state index in [9.17, 15) is 4.39 Å². The zero-order valence-electron chi connectivity index (χ0n) is 11.0. The molecule has 4 heteroatoms. The minimum atomic E-state index is -0.322. The maximum absolute atomic E-state index is 13.2. The summed E-state index contributed by atoms with van der Waals surface area (Å²) in [6.45, 7) is 1.28. The van der Waals surface area contributed by atoms with Crippen molar-refractivity contribution in [1.82, 2.24) is 4.90 Å². The molecular weight excluding hydrogens is 243 g/mol. The van der Waals surface area contributed by atoms with Crippen molar-refractivity contribution in [3.63, 3.8) is 0 Å². The molecule has 0 aliphatic heterocycles. The molecule has 100 valence electrons. The molecule has 19 heavy (non-hydrogen) atoms. The molecule has 0 aliphatic carbocycles. The maximum Gasteiger partial charge on any atom is 0.124 e. The van der Waals surface area contributed by atoms with Crippen LogP contribution < -0.4 is 0 Å². The third-order valence-corrected chi connectivity index (χ3v) is 2.58. The van der Waals surface area contributed by atoms with Gasteiger partial charge in [0, 0.05) is 31.5 Å². The second kappa shape index (κ2) is 8.26. The zero-order valence-corrected chi connectivity index (χ0v) is 11.0. The monoisotopic (exact) mass is 260 g/mol. The van der Waals surface area contributed by atoms with E-state index in [-0.39, 0.29) is 12.4 Å². The molecule has 0 fully saturated rings. The van der Waals surface area contributed by atoms with Gasteiger partial charge >= 0.3 is 0 Å². The molecule has 0 radical (unpaired) electrons. The quantitative estimate of drug-likeness (QED) is 0.823. The summed E-state index contributed by atoms with van der Waals surface area (Å²) in [5.74, 6) is 5.35. The van der Waals surface area contributed by atoms with Gasteiger partial charge in [0.15, 0.2) is 0 Å². The van der Waals surface area contributed by atoms with Crippen LogP contribution in [0.3, 0.4) is 0 Å². The lowest BCUT2D eigenvalue weighted by atomic mass is 10.1. The van der Waals surface area contributed by atoms with Gasteiger partial charge < -0.3 is 10.0 Å². The summed E-state index contributed by atoms with van der Waals surface area (Å²) in [4.78, 5) is 1.99. The van der Waals surface area contributed by atoms with E-state index >= 15 is 0 Å². The highest BCUT2D eigenvalue weighted by Gasteiger charge is 2.05. The SMILES string of the molecule is CN(CCC#N)Cc1ccc(F)cc1C#CCCO. The molecule has 1 rings (SSSR count). The van der Waals surface area contributed by atoms with Crippen molar-refractivity contribution in [2.75, 3.05) is 20.2 Å². The van der Waals surface area contributed by atoms with E-state index in [1.54, 1.807) is 6.07 Å². The summed E-state index contributed by atoms with van der Waals surface area (Å²) < 4.78 is 13.2. The van der Waals surface area contributed by atoms with Crippen molar-refractivity contribution in [1.29, 1.82) is 5.26 Å². The molecule has 0 spiro atoms. The molecule has 3 nitrogen and oxygen atoms in total. The minimum Gasteiger partial charge on any atom is -0.395 e. The molecule has 0 amide bonds. The van der Waals surface area contributed by atoms with Gasteiger partial charge in [0.2, 0.25) is 0 Å². The number of aliphatic hydroxyl groups excluding tert-OH is 1. The van der Waals surface area contributed by atoms with E-state index < -0.39 is 0 Å². The van der Waals surface area contributed by atoms with Crippen molar-refractivity contribution in [2.24, 2.45) is 0 Å². The maximum atomic E-state index is 13.2. The van der Waals surface area contributed by atoms with Gasteiger partial charge in [0.1, 0.15) is 5.82 Å². The van der Waals surface area contributed by atoms with Gasteiger partial charge in [-0.3, -0.25) is 0 Å². The second-order valence-electron chi connectivity index (χ2n) is 4.22. The van der Waals surface area contributed by atoms with Gasteiger partial charge in [-0.1, -0.05) is 17.9 Å². The molecule has 0 saturated carbocycles. The Balaban J connectivity index is 2.82. The van der Waals surface area contributed by atoms with E-state index in [1.165, 1.54) is 12.1 Å². The first kappa shape index (κ1) is 15.2. The molecule has 1 aromatic rings. The smallest absolute Gasteiger partial charge is 0.124 e. The van der Waals surface area contributed by atoms with Crippen LogP contribution in [0.5, 0.6) is 0 Å². The predicted octanol–water partition coefficient (Wildman–Crippen LogP) is 1.91. The minimum absolute atomic E-state index is 0.000277. The third kappa shape index (κ3) is 5.52. The van der Waals surface area contributed by atoms with Crippen LogP contribution in [-0.2, 0) is 6.54 Å². The first-order valence-corrected chi connectivity index (χ1v) is 6.11. The van der Waals surface area contributed by atoms with Crippen LogP contribution in [0.25, 0.3) is 0 Å². The number of rotatable bonds is 5. The molecule has 0 saturated heterocycles. The molecule has 0 heterocycles. The Morgan fingerprint density at radius 3 is 2.84 bits per heavy atom. The zero-order chi connectivity index (χ0) is 14.1. The fraction of sp³-hybridized carbons (Fsp3) is 0.400. The Bertz CT molecular complexity index is 511. The summed E-state index contributed by atoms with van der Waals surface area (Å²) >= 11 is 0. The lowest BCUT2D eigenvalue weighted by molar-refractivity contribution is 0.305. The molecule has 0 aromatic heterocycles. The summed E-state index contributed by atoms with van der Waals surface area (Å²) in [7, 11) is 1.91. The van der Waals surface area contributed by atoms with E-state index in [4.69, 9.17) is 10.4 Å². The molecule has 1 aromatic carbocycles. The normalized spacial score (nSPS) is 9.84. The Kier molecular flexibility index (Phi) is 6.60. The van der Waals surface area contributed by atoms with Gasteiger partial charge in [-0.05, 0) is 24.7 Å². The fourth-order valence-corrected chi connectivity index (χ4v) is 1.63. The van der Waals surface area contributed by atoms with Crippen LogP contribution in [0.15, 0.2) is 18.2 Å². The molecule has 1 N–H and O–H groups in total.